The smallest absolute Gasteiger partial charge is 0.0506 e. The molecule has 1 heteroatoms. The van der Waals surface area contributed by atoms with Crippen LogP contribution in [0, 0.1) is 0 Å². The van der Waals surface area contributed by atoms with Crippen molar-refractivity contribution >= 4 is 5.71 Å². The van der Waals surface area contributed by atoms with Gasteiger partial charge in [-0.2, -0.15) is 0 Å². The molecule has 0 bridgehead atoms. The van der Waals surface area contributed by atoms with Crippen LogP contribution in [0.25, 0.3) is 0 Å². The van der Waals surface area contributed by atoms with E-state index in [1.807, 2.05) is 0 Å². The summed E-state index contributed by atoms with van der Waals surface area (Å²) in [5.74, 6) is 0. The van der Waals surface area contributed by atoms with Crippen LogP contribution in [-0.4, -0.2) is 5.71 Å². The third-order valence-electron chi connectivity index (χ3n) is 1.31. The van der Waals surface area contributed by atoms with Crippen LogP contribution in [0.3, 0.4) is 0 Å². The molecule has 0 radical (unpaired) electrons. The number of aliphatic imine (C=N–C) groups is 1. The Kier molecular flexibility index (Phi) is 0.202. The fraction of sp³-hybridized carbons (Fsp3) is 0.400. The fourth-order valence-corrected chi connectivity index (χ4v) is 0.784. The lowest BCUT2D eigenvalue weighted by molar-refractivity contribution is 1.40. The van der Waals surface area contributed by atoms with Crippen molar-refractivity contribution in [3.05, 3.63) is 11.3 Å². The average Bonchev–Trinajstić information content (AvgIpc) is 2.12. The van der Waals surface area contributed by atoms with Crippen molar-refractivity contribution in [3.8, 4) is 0 Å². The molecule has 0 saturated carbocycles. The fourth-order valence-electron chi connectivity index (χ4n) is 0.784. The summed E-state index contributed by atoms with van der Waals surface area (Å²) in [6.45, 7) is 2.06. The van der Waals surface area contributed by atoms with Gasteiger partial charge in [0.2, 0.25) is 0 Å². The summed E-state index contributed by atoms with van der Waals surface area (Å²) in [6, 6.07) is 0. The maximum atomic E-state index is 4.09. The number of nitrogens with zero attached hydrogens (tertiary/aromatic N) is 1. The highest BCUT2D eigenvalue weighted by atomic mass is 14.9. The van der Waals surface area contributed by atoms with Gasteiger partial charge in [-0.3, -0.25) is 4.99 Å². The second-order valence-corrected chi connectivity index (χ2v) is 1.80. The van der Waals surface area contributed by atoms with E-state index >= 15 is 0 Å². The van der Waals surface area contributed by atoms with Gasteiger partial charge < -0.3 is 0 Å². The summed E-state index contributed by atoms with van der Waals surface area (Å²) in [5.41, 5.74) is 4.15. The molecule has 0 amide bonds. The van der Waals surface area contributed by atoms with E-state index in [0.29, 0.717) is 0 Å². The zero-order valence-electron chi connectivity index (χ0n) is 3.65. The van der Waals surface area contributed by atoms with E-state index in [1.54, 1.807) is 0 Å². The Morgan fingerprint density at radius 2 is 2.50 bits per heavy atom. The van der Waals surface area contributed by atoms with Gasteiger partial charge in [0.05, 0.1) is 5.70 Å². The van der Waals surface area contributed by atoms with Gasteiger partial charge in [0.15, 0.2) is 0 Å². The second-order valence-electron chi connectivity index (χ2n) is 1.80. The van der Waals surface area contributed by atoms with Crippen LogP contribution in [0.2, 0.25) is 0 Å². The molecular weight excluding hydrogens is 74.1 g/mol. The van der Waals surface area contributed by atoms with Crippen molar-refractivity contribution in [2.75, 3.05) is 0 Å². The zero-order chi connectivity index (χ0) is 4.15. The minimum atomic E-state index is 1.20. The first-order valence-corrected chi connectivity index (χ1v) is 2.15. The molecule has 1 heterocycles. The Morgan fingerprint density at radius 3 is 2.50 bits per heavy atom. The largest absolute Gasteiger partial charge is 0.257 e. The number of hydrogen-bond donors (Lipinski definition) is 0. The molecule has 0 unspecified atom stereocenters. The molecule has 1 aliphatic heterocycles. The van der Waals surface area contributed by atoms with Crippen LogP contribution in [0.1, 0.15) is 13.3 Å². The van der Waals surface area contributed by atoms with Gasteiger partial charge in [0.25, 0.3) is 0 Å². The maximum absolute atomic E-state index is 4.09. The van der Waals surface area contributed by atoms with Gasteiger partial charge in [-0.05, 0) is 6.92 Å². The quantitative estimate of drug-likeness (QED) is 0.412. The van der Waals surface area contributed by atoms with E-state index in [1.165, 1.54) is 23.4 Å². The average molecular weight is 79.1 g/mol. The predicted molar refractivity (Wildman–Crippen MR) is 24.8 cm³/mol. The summed E-state index contributed by atoms with van der Waals surface area (Å²) in [6.07, 6.45) is 1.20. The molecule has 1 nitrogen and oxygen atoms in total. The predicted octanol–water partition coefficient (Wildman–Crippen LogP) is 1.12. The lowest BCUT2D eigenvalue weighted by Gasteiger charge is -1.91. The molecule has 0 atom stereocenters. The number of hydrogen-bond acceptors (Lipinski definition) is 1. The van der Waals surface area contributed by atoms with Gasteiger partial charge in [-0.15, -0.1) is 0 Å². The summed E-state index contributed by atoms with van der Waals surface area (Å²) in [4.78, 5) is 4.09. The van der Waals surface area contributed by atoms with Crippen molar-refractivity contribution in [1.82, 2.24) is 0 Å². The van der Waals surface area contributed by atoms with Gasteiger partial charge >= 0.3 is 0 Å². The van der Waals surface area contributed by atoms with Crippen LogP contribution in [0.4, 0.5) is 0 Å². The molecule has 0 aromatic rings. The minimum absolute atomic E-state index is 1.20. The van der Waals surface area contributed by atoms with Gasteiger partial charge in [0, 0.05) is 17.7 Å². The van der Waals surface area contributed by atoms with E-state index in [4.69, 9.17) is 0 Å². The highest BCUT2D eigenvalue weighted by Gasteiger charge is 2.31. The molecule has 0 saturated heterocycles. The van der Waals surface area contributed by atoms with E-state index < -0.39 is 0 Å². The van der Waals surface area contributed by atoms with Crippen LogP contribution < -0.4 is 0 Å². The number of rotatable bonds is 0. The molecule has 0 aromatic carbocycles. The highest BCUT2D eigenvalue weighted by molar-refractivity contribution is 6.10. The molecule has 0 fully saturated rings. The van der Waals surface area contributed by atoms with Crippen molar-refractivity contribution in [2.45, 2.75) is 13.3 Å². The summed E-state index contributed by atoms with van der Waals surface area (Å²) in [5, 5.41) is 0. The van der Waals surface area contributed by atoms with Crippen molar-refractivity contribution in [1.29, 1.82) is 0 Å². The molecule has 0 spiro atoms. The van der Waals surface area contributed by atoms with Crippen molar-refractivity contribution < 1.29 is 0 Å². The standard InChI is InChI=1S/C5H5N/c1-3-4-2-5(4)6-3/h2H2,1H3. The Morgan fingerprint density at radius 1 is 1.67 bits per heavy atom. The lowest BCUT2D eigenvalue weighted by Crippen LogP contribution is -1.88. The first-order valence-electron chi connectivity index (χ1n) is 2.15. The van der Waals surface area contributed by atoms with Crippen LogP contribution in [-0.2, 0) is 0 Å². The lowest BCUT2D eigenvalue weighted by atomic mass is 10.3. The minimum Gasteiger partial charge on any atom is -0.257 e. The third-order valence-corrected chi connectivity index (χ3v) is 1.31. The van der Waals surface area contributed by atoms with Crippen LogP contribution >= 0.6 is 0 Å². The topological polar surface area (TPSA) is 12.4 Å². The number of allylic oxidation sites excluding steroid dienone is 2. The Bertz CT molecular complexity index is 163. The Labute approximate surface area is 36.4 Å². The van der Waals surface area contributed by atoms with Gasteiger partial charge in [-0.1, -0.05) is 0 Å². The summed E-state index contributed by atoms with van der Waals surface area (Å²) < 4.78 is 0. The molecule has 2 aliphatic rings. The van der Waals surface area contributed by atoms with Crippen molar-refractivity contribution in [3.63, 3.8) is 0 Å². The molecule has 0 N–H and O–H groups in total. The SMILES string of the molecule is CC1=NC2=C1C2. The highest BCUT2D eigenvalue weighted by Crippen LogP contribution is 2.41. The summed E-state index contributed by atoms with van der Waals surface area (Å²) in [7, 11) is 0. The maximum Gasteiger partial charge on any atom is 0.0506 e. The van der Waals surface area contributed by atoms with Gasteiger partial charge in [0.1, 0.15) is 0 Å². The Balaban J connectivity index is 2.42. The molecular formula is C5H5N. The monoisotopic (exact) mass is 79.0 g/mol. The van der Waals surface area contributed by atoms with E-state index in [9.17, 15) is 0 Å². The van der Waals surface area contributed by atoms with E-state index in [-0.39, 0.29) is 0 Å². The van der Waals surface area contributed by atoms with Crippen LogP contribution in [0.5, 0.6) is 0 Å². The molecule has 0 aromatic heterocycles. The third kappa shape index (κ3) is 0.110. The molecule has 6 heavy (non-hydrogen) atoms. The van der Waals surface area contributed by atoms with E-state index in [2.05, 4.69) is 11.9 Å². The van der Waals surface area contributed by atoms with Crippen molar-refractivity contribution in [2.24, 2.45) is 4.99 Å². The molecule has 1 aliphatic carbocycles. The van der Waals surface area contributed by atoms with E-state index in [0.717, 1.165) is 0 Å². The molecule has 2 rings (SSSR count). The normalized spacial score (nSPS) is 25.2. The second kappa shape index (κ2) is 0.473. The zero-order valence-corrected chi connectivity index (χ0v) is 3.65. The summed E-state index contributed by atoms with van der Waals surface area (Å²) >= 11 is 0. The first-order chi connectivity index (χ1) is 2.88. The Hall–Kier alpha value is -0.590. The first kappa shape index (κ1) is 2.56. The van der Waals surface area contributed by atoms with Crippen LogP contribution in [0.15, 0.2) is 16.3 Å². The molecule has 30 valence electrons. The van der Waals surface area contributed by atoms with Gasteiger partial charge in [-0.25, -0.2) is 0 Å².